The van der Waals surface area contributed by atoms with E-state index in [0.29, 0.717) is 22.8 Å². The van der Waals surface area contributed by atoms with Crippen molar-refractivity contribution in [3.8, 4) is 0 Å². The van der Waals surface area contributed by atoms with Gasteiger partial charge in [0.05, 0.1) is 11.4 Å². The Morgan fingerprint density at radius 1 is 0.970 bits per heavy atom. The highest BCUT2D eigenvalue weighted by Crippen LogP contribution is 2.28. The van der Waals surface area contributed by atoms with Crippen molar-refractivity contribution in [1.82, 2.24) is 10.6 Å². The Kier molecular flexibility index (Phi) is 6.90. The van der Waals surface area contributed by atoms with E-state index in [9.17, 15) is 14.4 Å². The van der Waals surface area contributed by atoms with Gasteiger partial charge in [0, 0.05) is 18.0 Å². The third kappa shape index (κ3) is 5.51. The summed E-state index contributed by atoms with van der Waals surface area (Å²) in [6.07, 6.45) is 0.294. The average molecular weight is 463 g/mol. The summed E-state index contributed by atoms with van der Waals surface area (Å²) in [5, 5.41) is 8.97. The summed E-state index contributed by atoms with van der Waals surface area (Å²) in [5.41, 5.74) is 2.79. The van der Waals surface area contributed by atoms with Gasteiger partial charge in [0.15, 0.2) is 0 Å². The molecule has 1 aliphatic rings. The second-order valence-electron chi connectivity index (χ2n) is 7.65. The molecule has 3 aromatic carbocycles. The third-order valence-corrected chi connectivity index (χ3v) is 5.69. The lowest BCUT2D eigenvalue weighted by atomic mass is 10.1. The molecule has 1 aliphatic heterocycles. The van der Waals surface area contributed by atoms with Gasteiger partial charge in [-0.25, -0.2) is 4.79 Å². The molecular formula is C25H23ClN4O3. The molecule has 1 heterocycles. The van der Waals surface area contributed by atoms with Crippen molar-refractivity contribution in [3.63, 3.8) is 0 Å². The van der Waals surface area contributed by atoms with E-state index in [1.54, 1.807) is 30.3 Å². The monoisotopic (exact) mass is 462 g/mol. The molecule has 33 heavy (non-hydrogen) atoms. The number of hydrogen-bond acceptors (Lipinski definition) is 3. The fourth-order valence-electron chi connectivity index (χ4n) is 3.65. The van der Waals surface area contributed by atoms with Crippen molar-refractivity contribution < 1.29 is 14.4 Å². The summed E-state index contributed by atoms with van der Waals surface area (Å²) < 4.78 is 0. The lowest BCUT2D eigenvalue weighted by Gasteiger charge is -2.30. The molecule has 0 saturated carbocycles. The van der Waals surface area contributed by atoms with Gasteiger partial charge in [0.2, 0.25) is 11.8 Å². The van der Waals surface area contributed by atoms with Gasteiger partial charge in [-0.3, -0.25) is 14.5 Å². The molecule has 1 atom stereocenters. The number of carbonyl (C=O) groups excluding carboxylic acids is 3. The minimum atomic E-state index is -0.848. The minimum absolute atomic E-state index is 0.137. The summed E-state index contributed by atoms with van der Waals surface area (Å²) in [6.45, 7) is 0.0940. The van der Waals surface area contributed by atoms with Crippen molar-refractivity contribution in [2.24, 2.45) is 0 Å². The average Bonchev–Trinajstić information content (AvgIpc) is 2.83. The van der Waals surface area contributed by atoms with Crippen molar-refractivity contribution in [2.45, 2.75) is 19.0 Å². The second kappa shape index (κ2) is 10.2. The van der Waals surface area contributed by atoms with Gasteiger partial charge in [0.1, 0.15) is 12.6 Å². The third-order valence-electron chi connectivity index (χ3n) is 5.32. The molecule has 3 N–H and O–H groups in total. The Morgan fingerprint density at radius 2 is 1.67 bits per heavy atom. The number of anilines is 2. The molecule has 0 fully saturated rings. The van der Waals surface area contributed by atoms with E-state index in [1.165, 1.54) is 4.90 Å². The fraction of sp³-hybridized carbons (Fsp3) is 0.160. The van der Waals surface area contributed by atoms with Crippen molar-refractivity contribution >= 4 is 40.8 Å². The minimum Gasteiger partial charge on any atom is -0.350 e. The van der Waals surface area contributed by atoms with Crippen LogP contribution in [0.5, 0.6) is 0 Å². The van der Waals surface area contributed by atoms with Crippen LogP contribution in [0.1, 0.15) is 11.1 Å². The molecular weight excluding hydrogens is 440 g/mol. The Morgan fingerprint density at radius 3 is 2.45 bits per heavy atom. The normalized spacial score (nSPS) is 13.5. The number of amides is 4. The van der Waals surface area contributed by atoms with E-state index in [-0.39, 0.29) is 24.9 Å². The van der Waals surface area contributed by atoms with E-state index in [4.69, 9.17) is 11.6 Å². The molecule has 0 aromatic heterocycles. The Bertz CT molecular complexity index is 1170. The first kappa shape index (κ1) is 22.4. The van der Waals surface area contributed by atoms with Gasteiger partial charge in [-0.15, -0.1) is 0 Å². The highest BCUT2D eigenvalue weighted by Gasteiger charge is 2.30. The van der Waals surface area contributed by atoms with Crippen LogP contribution in [0.2, 0.25) is 5.02 Å². The Hall–Kier alpha value is -3.84. The molecule has 0 aliphatic carbocycles. The maximum absolute atomic E-state index is 13.2. The van der Waals surface area contributed by atoms with Gasteiger partial charge in [-0.05, 0) is 29.3 Å². The lowest BCUT2D eigenvalue weighted by molar-refractivity contribution is -0.123. The number of urea groups is 1. The summed E-state index contributed by atoms with van der Waals surface area (Å²) in [7, 11) is 0. The molecule has 0 spiro atoms. The molecule has 168 valence electrons. The second-order valence-corrected chi connectivity index (χ2v) is 8.06. The van der Waals surface area contributed by atoms with Crippen LogP contribution >= 0.6 is 11.6 Å². The van der Waals surface area contributed by atoms with Crippen LogP contribution in [0.3, 0.4) is 0 Å². The highest BCUT2D eigenvalue weighted by atomic mass is 35.5. The van der Waals surface area contributed by atoms with Gasteiger partial charge in [-0.2, -0.15) is 0 Å². The zero-order valence-corrected chi connectivity index (χ0v) is 18.5. The predicted molar refractivity (Wildman–Crippen MR) is 128 cm³/mol. The highest BCUT2D eigenvalue weighted by molar-refractivity contribution is 6.31. The summed E-state index contributed by atoms with van der Waals surface area (Å²) in [5.74, 6) is -0.645. The number of halogens is 1. The standard InChI is InChI=1S/C25H23ClN4O3/c26-19-11-5-4-10-18(19)15-27-24(32)21(14-17-8-2-1-3-9-17)29-25(33)30-16-23(31)28-20-12-6-7-13-22(20)30/h1-13,21H,14-16H2,(H,27,32)(H,28,31)(H,29,33). The number of para-hydroxylation sites is 2. The number of hydrogen-bond donors (Lipinski definition) is 3. The molecule has 0 radical (unpaired) electrons. The number of rotatable bonds is 6. The van der Waals surface area contributed by atoms with Crippen molar-refractivity contribution in [3.05, 3.63) is 95.0 Å². The van der Waals surface area contributed by atoms with Crippen LogP contribution in [-0.2, 0) is 22.6 Å². The maximum atomic E-state index is 13.2. The van der Waals surface area contributed by atoms with E-state index in [2.05, 4.69) is 16.0 Å². The van der Waals surface area contributed by atoms with Crippen LogP contribution in [-0.4, -0.2) is 30.4 Å². The first-order valence-electron chi connectivity index (χ1n) is 10.5. The van der Waals surface area contributed by atoms with Crippen LogP contribution in [0, 0.1) is 0 Å². The SMILES string of the molecule is O=C1CN(C(=O)NC(Cc2ccccc2)C(=O)NCc2ccccc2Cl)c2ccccc2N1. The molecule has 7 nitrogen and oxygen atoms in total. The zero-order valence-electron chi connectivity index (χ0n) is 17.8. The molecule has 3 aromatic rings. The van der Waals surface area contributed by atoms with E-state index in [1.807, 2.05) is 48.5 Å². The zero-order chi connectivity index (χ0) is 23.2. The lowest BCUT2D eigenvalue weighted by Crippen LogP contribution is -2.54. The summed E-state index contributed by atoms with van der Waals surface area (Å²) >= 11 is 6.20. The van der Waals surface area contributed by atoms with Crippen LogP contribution < -0.4 is 20.9 Å². The van der Waals surface area contributed by atoms with Crippen molar-refractivity contribution in [2.75, 3.05) is 16.8 Å². The predicted octanol–water partition coefficient (Wildman–Crippen LogP) is 3.74. The van der Waals surface area contributed by atoms with Crippen LogP contribution in [0.15, 0.2) is 78.9 Å². The molecule has 0 saturated heterocycles. The summed E-state index contributed by atoms with van der Waals surface area (Å²) in [4.78, 5) is 39.7. The Labute approximate surface area is 196 Å². The van der Waals surface area contributed by atoms with Crippen molar-refractivity contribution in [1.29, 1.82) is 0 Å². The molecule has 0 bridgehead atoms. The first-order chi connectivity index (χ1) is 16.0. The largest absolute Gasteiger partial charge is 0.350 e. The molecule has 4 amide bonds. The van der Waals surface area contributed by atoms with Gasteiger partial charge < -0.3 is 16.0 Å². The number of nitrogens with one attached hydrogen (secondary N) is 3. The topological polar surface area (TPSA) is 90.5 Å². The fourth-order valence-corrected chi connectivity index (χ4v) is 3.85. The van der Waals surface area contributed by atoms with E-state index >= 15 is 0 Å². The number of nitrogens with zero attached hydrogens (tertiary/aromatic N) is 1. The molecule has 4 rings (SSSR count). The smallest absolute Gasteiger partial charge is 0.323 e. The number of carbonyl (C=O) groups is 3. The van der Waals surface area contributed by atoms with E-state index in [0.717, 1.165) is 11.1 Å². The van der Waals surface area contributed by atoms with Crippen LogP contribution in [0.4, 0.5) is 16.2 Å². The first-order valence-corrected chi connectivity index (χ1v) is 10.9. The van der Waals surface area contributed by atoms with Crippen LogP contribution in [0.25, 0.3) is 0 Å². The van der Waals surface area contributed by atoms with Gasteiger partial charge in [0.25, 0.3) is 0 Å². The maximum Gasteiger partial charge on any atom is 0.323 e. The van der Waals surface area contributed by atoms with Gasteiger partial charge >= 0.3 is 6.03 Å². The quantitative estimate of drug-likeness (QED) is 0.521. The van der Waals surface area contributed by atoms with E-state index < -0.39 is 12.1 Å². The summed E-state index contributed by atoms with van der Waals surface area (Å²) in [6, 6.07) is 22.3. The molecule has 1 unspecified atom stereocenters. The van der Waals surface area contributed by atoms with Gasteiger partial charge in [-0.1, -0.05) is 72.3 Å². The molecule has 8 heteroatoms. The Balaban J connectivity index is 1.52. The number of benzene rings is 3. The number of fused-ring (bicyclic) bond motifs is 1.